The Morgan fingerprint density at radius 3 is 2.61 bits per heavy atom. The minimum atomic E-state index is -0.997. The van der Waals surface area contributed by atoms with Crippen LogP contribution in [0.5, 0.6) is 11.5 Å². The summed E-state index contributed by atoms with van der Waals surface area (Å²) in [5, 5.41) is 9.06. The van der Waals surface area contributed by atoms with Gasteiger partial charge in [0.15, 0.2) is 0 Å². The van der Waals surface area contributed by atoms with Crippen LogP contribution in [0, 0.1) is 6.92 Å². The normalized spacial score (nSPS) is 12.0. The molecule has 0 bridgehead atoms. The molecule has 0 amide bonds. The van der Waals surface area contributed by atoms with Gasteiger partial charge in [0.05, 0.1) is 13.2 Å². The van der Waals surface area contributed by atoms with Crippen LogP contribution in [0.2, 0.25) is 0 Å². The molecule has 1 N–H and O–H groups in total. The zero-order valence-electron chi connectivity index (χ0n) is 11.3. The van der Waals surface area contributed by atoms with E-state index in [1.165, 1.54) is 13.2 Å². The Morgan fingerprint density at radius 2 is 2.11 bits per heavy atom. The maximum Gasteiger partial charge on any atom is 0.339 e. The first-order chi connectivity index (χ1) is 8.51. The van der Waals surface area contributed by atoms with Crippen molar-refractivity contribution in [1.29, 1.82) is 0 Å². The van der Waals surface area contributed by atoms with Crippen molar-refractivity contribution >= 4 is 5.97 Å². The van der Waals surface area contributed by atoms with Gasteiger partial charge >= 0.3 is 5.97 Å². The van der Waals surface area contributed by atoms with Crippen LogP contribution < -0.4 is 9.47 Å². The molecule has 0 aromatic heterocycles. The Bertz CT molecular complexity index is 426. The van der Waals surface area contributed by atoms with Crippen molar-refractivity contribution < 1.29 is 19.4 Å². The lowest BCUT2D eigenvalue weighted by molar-refractivity contribution is 0.0693. The summed E-state index contributed by atoms with van der Waals surface area (Å²) >= 11 is 0. The number of methoxy groups -OCH3 is 1. The number of ether oxygens (including phenoxy) is 2. The molecular formula is C14H20O4. The zero-order chi connectivity index (χ0) is 13.7. The van der Waals surface area contributed by atoms with Crippen LogP contribution in [-0.2, 0) is 0 Å². The summed E-state index contributed by atoms with van der Waals surface area (Å²) in [5.74, 6) is 0.0459. The lowest BCUT2D eigenvalue weighted by Gasteiger charge is -2.18. The van der Waals surface area contributed by atoms with Crippen LogP contribution in [0.25, 0.3) is 0 Å². The highest BCUT2D eigenvalue weighted by Gasteiger charge is 2.17. The standard InChI is InChI=1S/C14H20O4/c1-5-6-9(2)18-12-8-7-11(14(15)16)13(17-4)10(12)3/h7-9H,5-6H2,1-4H3,(H,15,16). The predicted molar refractivity (Wildman–Crippen MR) is 69.7 cm³/mol. The van der Waals surface area contributed by atoms with Crippen molar-refractivity contribution in [2.45, 2.75) is 39.7 Å². The molecule has 100 valence electrons. The molecule has 0 radical (unpaired) electrons. The van der Waals surface area contributed by atoms with E-state index in [-0.39, 0.29) is 11.7 Å². The molecule has 1 aromatic carbocycles. The molecule has 0 heterocycles. The second-order valence-corrected chi connectivity index (χ2v) is 4.29. The predicted octanol–water partition coefficient (Wildman–Crippen LogP) is 3.27. The van der Waals surface area contributed by atoms with Crippen molar-refractivity contribution in [1.82, 2.24) is 0 Å². The van der Waals surface area contributed by atoms with E-state index in [0.717, 1.165) is 18.4 Å². The van der Waals surface area contributed by atoms with E-state index in [2.05, 4.69) is 6.92 Å². The number of rotatable bonds is 6. The molecule has 0 aliphatic rings. The van der Waals surface area contributed by atoms with Gasteiger partial charge in [-0.1, -0.05) is 13.3 Å². The quantitative estimate of drug-likeness (QED) is 0.844. The van der Waals surface area contributed by atoms with Gasteiger partial charge in [-0.25, -0.2) is 4.79 Å². The fraction of sp³-hybridized carbons (Fsp3) is 0.500. The van der Waals surface area contributed by atoms with Gasteiger partial charge in [0.25, 0.3) is 0 Å². The maximum absolute atomic E-state index is 11.0. The molecule has 4 nitrogen and oxygen atoms in total. The summed E-state index contributed by atoms with van der Waals surface area (Å²) in [7, 11) is 1.47. The van der Waals surface area contributed by atoms with Crippen LogP contribution in [0.15, 0.2) is 12.1 Å². The molecule has 1 atom stereocenters. The number of benzene rings is 1. The largest absolute Gasteiger partial charge is 0.495 e. The number of hydrogen-bond acceptors (Lipinski definition) is 3. The first-order valence-corrected chi connectivity index (χ1v) is 6.08. The molecule has 0 saturated carbocycles. The SMILES string of the molecule is CCCC(C)Oc1ccc(C(=O)O)c(OC)c1C. The highest BCUT2D eigenvalue weighted by molar-refractivity contribution is 5.91. The van der Waals surface area contributed by atoms with Crippen LogP contribution in [0.3, 0.4) is 0 Å². The average Bonchev–Trinajstić information content (AvgIpc) is 2.31. The zero-order valence-corrected chi connectivity index (χ0v) is 11.3. The maximum atomic E-state index is 11.0. The molecule has 0 aliphatic heterocycles. The van der Waals surface area contributed by atoms with Gasteiger partial charge in [0.2, 0.25) is 0 Å². The molecule has 0 fully saturated rings. The second-order valence-electron chi connectivity index (χ2n) is 4.29. The minimum Gasteiger partial charge on any atom is -0.495 e. The van der Waals surface area contributed by atoms with Crippen molar-refractivity contribution in [3.8, 4) is 11.5 Å². The van der Waals surface area contributed by atoms with Crippen LogP contribution in [0.4, 0.5) is 0 Å². The number of carboxylic acids is 1. The fourth-order valence-corrected chi connectivity index (χ4v) is 1.91. The monoisotopic (exact) mass is 252 g/mol. The molecule has 0 aliphatic carbocycles. The third-order valence-corrected chi connectivity index (χ3v) is 2.81. The summed E-state index contributed by atoms with van der Waals surface area (Å²) < 4.78 is 10.9. The van der Waals surface area contributed by atoms with Crippen molar-refractivity contribution in [2.75, 3.05) is 7.11 Å². The second kappa shape index (κ2) is 6.28. The molecule has 1 aromatic rings. The molecule has 18 heavy (non-hydrogen) atoms. The third kappa shape index (κ3) is 3.15. The lowest BCUT2D eigenvalue weighted by Crippen LogP contribution is -2.12. The number of carbonyl (C=O) groups is 1. The summed E-state index contributed by atoms with van der Waals surface area (Å²) in [5.41, 5.74) is 0.880. The van der Waals surface area contributed by atoms with Crippen molar-refractivity contribution in [3.05, 3.63) is 23.3 Å². The Morgan fingerprint density at radius 1 is 1.44 bits per heavy atom. The number of carboxylic acid groups (broad SMARTS) is 1. The molecule has 4 heteroatoms. The van der Waals surface area contributed by atoms with E-state index in [9.17, 15) is 4.79 Å². The highest BCUT2D eigenvalue weighted by Crippen LogP contribution is 2.32. The van der Waals surface area contributed by atoms with Gasteiger partial charge in [0, 0.05) is 5.56 Å². The van der Waals surface area contributed by atoms with E-state index in [1.54, 1.807) is 13.0 Å². The molecular weight excluding hydrogens is 232 g/mol. The lowest BCUT2D eigenvalue weighted by atomic mass is 10.1. The number of hydrogen-bond donors (Lipinski definition) is 1. The summed E-state index contributed by atoms with van der Waals surface area (Å²) in [6.45, 7) is 5.90. The Labute approximate surface area is 108 Å². The topological polar surface area (TPSA) is 55.8 Å². The van der Waals surface area contributed by atoms with E-state index in [1.807, 2.05) is 6.92 Å². The van der Waals surface area contributed by atoms with Crippen molar-refractivity contribution in [3.63, 3.8) is 0 Å². The fourth-order valence-electron chi connectivity index (χ4n) is 1.91. The smallest absolute Gasteiger partial charge is 0.339 e. The Kier molecular flexibility index (Phi) is 5.01. The van der Waals surface area contributed by atoms with E-state index in [4.69, 9.17) is 14.6 Å². The van der Waals surface area contributed by atoms with E-state index in [0.29, 0.717) is 11.5 Å². The summed E-state index contributed by atoms with van der Waals surface area (Å²) in [6.07, 6.45) is 2.11. The van der Waals surface area contributed by atoms with E-state index >= 15 is 0 Å². The Balaban J connectivity index is 3.05. The Hall–Kier alpha value is -1.71. The van der Waals surface area contributed by atoms with E-state index < -0.39 is 5.97 Å². The highest BCUT2D eigenvalue weighted by atomic mass is 16.5. The molecule has 0 spiro atoms. The van der Waals surface area contributed by atoms with Gasteiger partial charge in [0.1, 0.15) is 17.1 Å². The summed E-state index contributed by atoms with van der Waals surface area (Å²) in [4.78, 5) is 11.0. The first kappa shape index (κ1) is 14.4. The van der Waals surface area contributed by atoms with Gasteiger partial charge in [-0.2, -0.15) is 0 Å². The average molecular weight is 252 g/mol. The third-order valence-electron chi connectivity index (χ3n) is 2.81. The van der Waals surface area contributed by atoms with Gasteiger partial charge in [-0.3, -0.25) is 0 Å². The summed E-state index contributed by atoms with van der Waals surface area (Å²) in [6, 6.07) is 3.20. The van der Waals surface area contributed by atoms with Crippen LogP contribution >= 0.6 is 0 Å². The molecule has 1 unspecified atom stereocenters. The van der Waals surface area contributed by atoms with Crippen molar-refractivity contribution in [2.24, 2.45) is 0 Å². The van der Waals surface area contributed by atoms with Gasteiger partial charge in [-0.15, -0.1) is 0 Å². The van der Waals surface area contributed by atoms with Gasteiger partial charge in [-0.05, 0) is 32.4 Å². The minimum absolute atomic E-state index is 0.106. The van der Waals surface area contributed by atoms with Gasteiger partial charge < -0.3 is 14.6 Å². The molecule has 0 saturated heterocycles. The molecule has 1 rings (SSSR count). The van der Waals surface area contributed by atoms with Crippen LogP contribution in [-0.4, -0.2) is 24.3 Å². The van der Waals surface area contributed by atoms with Crippen LogP contribution in [0.1, 0.15) is 42.6 Å². The first-order valence-electron chi connectivity index (χ1n) is 6.08. The number of aromatic carboxylic acids is 1.